The second-order valence-electron chi connectivity index (χ2n) is 9.11. The largest absolute Gasteiger partial charge is 0.460 e. The Hall–Kier alpha value is -2.54. The van der Waals surface area contributed by atoms with Crippen molar-refractivity contribution >= 4 is 27.5 Å². The van der Waals surface area contributed by atoms with E-state index in [2.05, 4.69) is 0 Å². The Balaban J connectivity index is 1.52. The molecule has 1 aliphatic carbocycles. The third kappa shape index (κ3) is 5.03. The average molecular weight is 446 g/mol. The van der Waals surface area contributed by atoms with Crippen LogP contribution in [0.3, 0.4) is 0 Å². The van der Waals surface area contributed by atoms with Gasteiger partial charge in [0, 0.05) is 25.3 Å². The van der Waals surface area contributed by atoms with Gasteiger partial charge in [-0.15, -0.1) is 0 Å². The van der Waals surface area contributed by atoms with Gasteiger partial charge >= 0.3 is 10.8 Å². The molecular weight excluding hydrogens is 420 g/mol. The molecule has 1 heterocycles. The summed E-state index contributed by atoms with van der Waals surface area (Å²) in [5.41, 5.74) is 3.14. The van der Waals surface area contributed by atoms with Crippen LogP contribution in [0.2, 0.25) is 0 Å². The molecular formula is C24H25F2NO3S. The van der Waals surface area contributed by atoms with Gasteiger partial charge in [0.1, 0.15) is 5.60 Å². The van der Waals surface area contributed by atoms with Crippen LogP contribution in [0.15, 0.2) is 47.3 Å². The highest BCUT2D eigenvalue weighted by Crippen LogP contribution is 2.49. The van der Waals surface area contributed by atoms with Gasteiger partial charge in [-0.2, -0.15) is 0 Å². The van der Waals surface area contributed by atoms with E-state index >= 15 is 0 Å². The van der Waals surface area contributed by atoms with E-state index < -0.39 is 17.4 Å². The predicted octanol–water partition coefficient (Wildman–Crippen LogP) is 5.66. The summed E-state index contributed by atoms with van der Waals surface area (Å²) in [7, 11) is 0. The quantitative estimate of drug-likeness (QED) is 0.460. The highest BCUT2D eigenvalue weighted by molar-refractivity contribution is 7.16. The Kier molecular flexibility index (Phi) is 5.50. The molecule has 0 bridgehead atoms. The van der Waals surface area contributed by atoms with Crippen LogP contribution in [0.4, 0.5) is 8.78 Å². The number of aromatic nitrogens is 1. The molecule has 4 rings (SSSR count). The maximum atomic E-state index is 13.3. The van der Waals surface area contributed by atoms with E-state index in [1.807, 2.05) is 63.2 Å². The van der Waals surface area contributed by atoms with E-state index in [1.165, 1.54) is 4.57 Å². The Labute approximate surface area is 183 Å². The first-order valence-electron chi connectivity index (χ1n) is 10.3. The Morgan fingerprint density at radius 2 is 1.90 bits per heavy atom. The van der Waals surface area contributed by atoms with Gasteiger partial charge in [-0.3, -0.25) is 14.2 Å². The third-order valence-corrected chi connectivity index (χ3v) is 6.27. The SMILES string of the molecule is CC(C)(C)OC(=O)CCc1cccc(-c2ccc3c(c2)sc(=O)n3CC2CC2(F)F)c1. The number of fused-ring (bicyclic) bond motifs is 1. The number of carbonyl (C=O) groups excluding carboxylic acids is 1. The zero-order valence-electron chi connectivity index (χ0n) is 17.8. The second-order valence-corrected chi connectivity index (χ2v) is 10.1. The number of ether oxygens (including phenoxy) is 1. The van der Waals surface area contributed by atoms with Crippen molar-refractivity contribution in [1.29, 1.82) is 0 Å². The van der Waals surface area contributed by atoms with E-state index in [0.717, 1.165) is 32.7 Å². The monoisotopic (exact) mass is 445 g/mol. The lowest BCUT2D eigenvalue weighted by molar-refractivity contribution is -0.154. The minimum Gasteiger partial charge on any atom is -0.460 e. The standard InChI is InChI=1S/C24H25F2NO3S/c1-23(2,3)30-21(28)10-7-15-5-4-6-16(11-15)17-8-9-19-20(12-17)31-22(29)27(19)14-18-13-24(18,25)26/h4-6,8-9,11-12,18H,7,10,13-14H2,1-3H3. The predicted molar refractivity (Wildman–Crippen MR) is 119 cm³/mol. The number of halogens is 2. The molecule has 0 aliphatic heterocycles. The van der Waals surface area contributed by atoms with Gasteiger partial charge in [0.25, 0.3) is 5.92 Å². The zero-order chi connectivity index (χ0) is 22.4. The molecule has 1 atom stereocenters. The summed E-state index contributed by atoms with van der Waals surface area (Å²) in [6.45, 7) is 5.60. The summed E-state index contributed by atoms with van der Waals surface area (Å²) in [5.74, 6) is -3.62. The van der Waals surface area contributed by atoms with Crippen molar-refractivity contribution in [2.24, 2.45) is 5.92 Å². The van der Waals surface area contributed by atoms with Crippen LogP contribution < -0.4 is 4.87 Å². The van der Waals surface area contributed by atoms with Gasteiger partial charge in [-0.1, -0.05) is 41.7 Å². The molecule has 4 nitrogen and oxygen atoms in total. The number of benzene rings is 2. The molecule has 164 valence electrons. The van der Waals surface area contributed by atoms with Crippen LogP contribution in [0.5, 0.6) is 0 Å². The van der Waals surface area contributed by atoms with Crippen molar-refractivity contribution in [2.75, 3.05) is 0 Å². The van der Waals surface area contributed by atoms with Crippen LogP contribution in [0.25, 0.3) is 21.3 Å². The number of aryl methyl sites for hydroxylation is 1. The fraction of sp³-hybridized carbons (Fsp3) is 0.417. The summed E-state index contributed by atoms with van der Waals surface area (Å²) in [5, 5.41) is 0. The van der Waals surface area contributed by atoms with Crippen LogP contribution in [-0.4, -0.2) is 22.1 Å². The van der Waals surface area contributed by atoms with Crippen molar-refractivity contribution in [3.63, 3.8) is 0 Å². The maximum absolute atomic E-state index is 13.3. The molecule has 2 aromatic carbocycles. The average Bonchev–Trinajstić information content (AvgIpc) is 3.16. The fourth-order valence-corrected chi connectivity index (χ4v) is 4.59. The van der Waals surface area contributed by atoms with Crippen LogP contribution in [0.1, 0.15) is 39.2 Å². The third-order valence-electron chi connectivity index (χ3n) is 5.33. The van der Waals surface area contributed by atoms with E-state index in [0.29, 0.717) is 18.4 Å². The van der Waals surface area contributed by atoms with Crippen LogP contribution in [0, 0.1) is 5.92 Å². The summed E-state index contributed by atoms with van der Waals surface area (Å²) in [6, 6.07) is 13.6. The number of hydrogen-bond donors (Lipinski definition) is 0. The van der Waals surface area contributed by atoms with Gasteiger partial charge in [-0.25, -0.2) is 8.78 Å². The lowest BCUT2D eigenvalue weighted by atomic mass is 10.0. The summed E-state index contributed by atoms with van der Waals surface area (Å²) in [4.78, 5) is 24.1. The van der Waals surface area contributed by atoms with Crippen molar-refractivity contribution in [3.05, 3.63) is 57.7 Å². The van der Waals surface area contributed by atoms with Crippen molar-refractivity contribution in [2.45, 2.75) is 58.1 Å². The second kappa shape index (κ2) is 7.86. The number of esters is 1. The minimum absolute atomic E-state index is 0.0608. The highest BCUT2D eigenvalue weighted by atomic mass is 32.1. The van der Waals surface area contributed by atoms with Gasteiger partial charge in [0.15, 0.2) is 0 Å². The van der Waals surface area contributed by atoms with Crippen molar-refractivity contribution in [1.82, 2.24) is 4.57 Å². The number of hydrogen-bond acceptors (Lipinski definition) is 4. The van der Waals surface area contributed by atoms with Gasteiger partial charge in [-0.05, 0) is 56.0 Å². The molecule has 7 heteroatoms. The molecule has 31 heavy (non-hydrogen) atoms. The molecule has 1 unspecified atom stereocenters. The lowest BCUT2D eigenvalue weighted by Crippen LogP contribution is -2.24. The fourth-order valence-electron chi connectivity index (χ4n) is 3.65. The highest BCUT2D eigenvalue weighted by Gasteiger charge is 2.56. The summed E-state index contributed by atoms with van der Waals surface area (Å²) in [6.07, 6.45) is 0.727. The van der Waals surface area contributed by atoms with Gasteiger partial charge in [0.2, 0.25) is 0 Å². The molecule has 1 aliphatic rings. The summed E-state index contributed by atoms with van der Waals surface area (Å²) >= 11 is 1.08. The molecule has 0 saturated heterocycles. The van der Waals surface area contributed by atoms with E-state index in [1.54, 1.807) is 0 Å². The molecule has 0 spiro atoms. The first-order valence-corrected chi connectivity index (χ1v) is 11.2. The lowest BCUT2D eigenvalue weighted by Gasteiger charge is -2.19. The van der Waals surface area contributed by atoms with E-state index in [4.69, 9.17) is 4.74 Å². The number of rotatable bonds is 6. The van der Waals surface area contributed by atoms with Crippen LogP contribution >= 0.6 is 11.3 Å². The van der Waals surface area contributed by atoms with Crippen LogP contribution in [-0.2, 0) is 22.5 Å². The zero-order valence-corrected chi connectivity index (χ0v) is 18.6. The van der Waals surface area contributed by atoms with Gasteiger partial charge < -0.3 is 4.74 Å². The Morgan fingerprint density at radius 1 is 1.19 bits per heavy atom. The van der Waals surface area contributed by atoms with E-state index in [9.17, 15) is 18.4 Å². The number of thiazole rings is 1. The number of alkyl halides is 2. The molecule has 1 fully saturated rings. The topological polar surface area (TPSA) is 48.3 Å². The Bertz CT molecular complexity index is 1190. The van der Waals surface area contributed by atoms with Gasteiger partial charge in [0.05, 0.1) is 10.2 Å². The maximum Gasteiger partial charge on any atom is 0.308 e. The first-order chi connectivity index (χ1) is 14.5. The van der Waals surface area contributed by atoms with Crippen molar-refractivity contribution < 1.29 is 18.3 Å². The molecule has 1 saturated carbocycles. The smallest absolute Gasteiger partial charge is 0.308 e. The number of carbonyl (C=O) groups is 1. The molecule has 1 aromatic heterocycles. The number of nitrogens with zero attached hydrogens (tertiary/aromatic N) is 1. The Morgan fingerprint density at radius 3 is 2.58 bits per heavy atom. The van der Waals surface area contributed by atoms with Crippen molar-refractivity contribution in [3.8, 4) is 11.1 Å². The minimum atomic E-state index is -2.65. The summed E-state index contributed by atoms with van der Waals surface area (Å²) < 4.78 is 34.2. The normalized spacial score (nSPS) is 17.6. The molecule has 0 radical (unpaired) electrons. The molecule has 0 amide bonds. The molecule has 3 aromatic rings. The van der Waals surface area contributed by atoms with E-state index in [-0.39, 0.29) is 23.8 Å². The first kappa shape index (κ1) is 21.7. The molecule has 0 N–H and O–H groups in total.